The maximum atomic E-state index is 13.1. The van der Waals surface area contributed by atoms with Gasteiger partial charge in [0.05, 0.1) is 10.6 Å². The molecule has 156 valence electrons. The van der Waals surface area contributed by atoms with Crippen molar-refractivity contribution in [2.75, 3.05) is 11.6 Å². The monoisotopic (exact) mass is 432 g/mol. The van der Waals surface area contributed by atoms with Crippen molar-refractivity contribution in [1.29, 1.82) is 0 Å². The number of fused-ring (bicyclic) bond motifs is 1. The van der Waals surface area contributed by atoms with Crippen molar-refractivity contribution in [1.82, 2.24) is 4.72 Å². The molecule has 0 radical (unpaired) electrons. The van der Waals surface area contributed by atoms with E-state index in [1.54, 1.807) is 12.1 Å². The molecule has 0 heterocycles. The molecule has 1 aliphatic carbocycles. The highest BCUT2D eigenvalue weighted by Crippen LogP contribution is 2.30. The smallest absolute Gasteiger partial charge is 0.241 e. The molecule has 2 N–H and O–H groups in total. The molecular formula is C22H28N2O3S2. The number of amides is 1. The Balaban J connectivity index is 1.88. The largest absolute Gasteiger partial charge is 0.325 e. The molecule has 2 aromatic carbocycles. The van der Waals surface area contributed by atoms with E-state index >= 15 is 0 Å². The second-order valence-electron chi connectivity index (χ2n) is 7.36. The molecule has 5 nitrogen and oxygen atoms in total. The fourth-order valence-electron chi connectivity index (χ4n) is 3.75. The average molecular weight is 433 g/mol. The summed E-state index contributed by atoms with van der Waals surface area (Å²) in [7, 11) is -3.73. The van der Waals surface area contributed by atoms with Gasteiger partial charge in [-0.3, -0.25) is 4.79 Å². The Morgan fingerprint density at radius 3 is 2.48 bits per heavy atom. The van der Waals surface area contributed by atoms with Gasteiger partial charge in [0, 0.05) is 17.9 Å². The van der Waals surface area contributed by atoms with Gasteiger partial charge in [-0.15, -0.1) is 11.8 Å². The van der Waals surface area contributed by atoms with Crippen LogP contribution < -0.4 is 10.0 Å². The van der Waals surface area contributed by atoms with Gasteiger partial charge in [0.15, 0.2) is 0 Å². The van der Waals surface area contributed by atoms with E-state index in [9.17, 15) is 13.2 Å². The molecule has 0 bridgehead atoms. The predicted molar refractivity (Wildman–Crippen MR) is 119 cm³/mol. The molecule has 0 saturated carbocycles. The van der Waals surface area contributed by atoms with E-state index < -0.39 is 10.0 Å². The number of anilines is 1. The van der Waals surface area contributed by atoms with E-state index in [-0.39, 0.29) is 16.8 Å². The van der Waals surface area contributed by atoms with Crippen molar-refractivity contribution in [3.63, 3.8) is 0 Å². The lowest BCUT2D eigenvalue weighted by Crippen LogP contribution is -2.28. The minimum Gasteiger partial charge on any atom is -0.325 e. The summed E-state index contributed by atoms with van der Waals surface area (Å²) in [5, 5.41) is 2.72. The van der Waals surface area contributed by atoms with E-state index in [0.29, 0.717) is 12.1 Å². The quantitative estimate of drug-likeness (QED) is 0.623. The van der Waals surface area contributed by atoms with Crippen LogP contribution in [0.2, 0.25) is 0 Å². The zero-order valence-electron chi connectivity index (χ0n) is 17.1. The fraction of sp³-hybridized carbons (Fsp3) is 0.409. The molecule has 0 aliphatic heterocycles. The van der Waals surface area contributed by atoms with Gasteiger partial charge in [-0.2, -0.15) is 0 Å². The first-order valence-corrected chi connectivity index (χ1v) is 12.6. The Morgan fingerprint density at radius 2 is 1.83 bits per heavy atom. The summed E-state index contributed by atoms with van der Waals surface area (Å²) in [6.45, 7) is 3.39. The minimum atomic E-state index is -3.73. The van der Waals surface area contributed by atoms with E-state index in [4.69, 9.17) is 0 Å². The maximum absolute atomic E-state index is 13.1. The van der Waals surface area contributed by atoms with Crippen molar-refractivity contribution >= 4 is 33.4 Å². The van der Waals surface area contributed by atoms with Gasteiger partial charge in [0.1, 0.15) is 0 Å². The number of hydrogen-bond donors (Lipinski definition) is 2. The lowest BCUT2D eigenvalue weighted by atomic mass is 9.89. The summed E-state index contributed by atoms with van der Waals surface area (Å²) in [5.74, 6) is -0.233. The first-order chi connectivity index (χ1) is 13.8. The molecular weight excluding hydrogens is 404 g/mol. The molecule has 1 unspecified atom stereocenters. The van der Waals surface area contributed by atoms with Crippen molar-refractivity contribution in [3.8, 4) is 0 Å². The fourth-order valence-corrected chi connectivity index (χ4v) is 5.62. The maximum Gasteiger partial charge on any atom is 0.241 e. The second-order valence-corrected chi connectivity index (χ2v) is 9.92. The normalized spacial score (nSPS) is 14.9. The molecule has 1 amide bonds. The number of rotatable bonds is 7. The van der Waals surface area contributed by atoms with E-state index in [2.05, 4.69) is 22.2 Å². The van der Waals surface area contributed by atoms with Gasteiger partial charge in [-0.1, -0.05) is 25.1 Å². The SMILES string of the molecule is CCC(NS(=O)(=O)c1ccc(SC)c(NC(C)=O)c1)c1ccc2c(c1)CCCC2. The van der Waals surface area contributed by atoms with Crippen molar-refractivity contribution in [2.45, 2.75) is 61.8 Å². The van der Waals surface area contributed by atoms with Crippen molar-refractivity contribution in [2.24, 2.45) is 0 Å². The van der Waals surface area contributed by atoms with Crippen LogP contribution >= 0.6 is 11.8 Å². The molecule has 0 saturated heterocycles. The van der Waals surface area contributed by atoms with Gasteiger partial charge < -0.3 is 5.32 Å². The van der Waals surface area contributed by atoms with Crippen LogP contribution in [0.25, 0.3) is 0 Å². The zero-order chi connectivity index (χ0) is 21.0. The summed E-state index contributed by atoms with van der Waals surface area (Å²) >= 11 is 1.46. The van der Waals surface area contributed by atoms with E-state index in [1.165, 1.54) is 48.7 Å². The standard InChI is InChI=1S/C22H28N2O3S2/c1-4-20(18-10-9-16-7-5-6-8-17(16)13-18)24-29(26,27)19-11-12-22(28-3)21(14-19)23-15(2)25/h9-14,20,24H,4-8H2,1-3H3,(H,23,25). The third-order valence-electron chi connectivity index (χ3n) is 5.27. The lowest BCUT2D eigenvalue weighted by Gasteiger charge is -2.22. The number of nitrogens with one attached hydrogen (secondary N) is 2. The zero-order valence-corrected chi connectivity index (χ0v) is 18.8. The number of carbonyl (C=O) groups is 1. The molecule has 7 heteroatoms. The third kappa shape index (κ3) is 5.21. The van der Waals surface area contributed by atoms with Gasteiger partial charge in [0.2, 0.25) is 15.9 Å². The molecule has 0 aromatic heterocycles. The van der Waals surface area contributed by atoms with E-state index in [0.717, 1.165) is 23.3 Å². The second kappa shape index (κ2) is 9.32. The van der Waals surface area contributed by atoms with Crippen LogP contribution in [0.1, 0.15) is 55.8 Å². The number of carbonyl (C=O) groups excluding carboxylic acids is 1. The van der Waals surface area contributed by atoms with Crippen molar-refractivity contribution < 1.29 is 13.2 Å². The molecule has 0 fully saturated rings. The van der Waals surface area contributed by atoms with Crippen LogP contribution in [0.5, 0.6) is 0 Å². The Morgan fingerprint density at radius 1 is 1.10 bits per heavy atom. The summed E-state index contributed by atoms with van der Waals surface area (Å²) < 4.78 is 29.0. The van der Waals surface area contributed by atoms with Gasteiger partial charge in [0.25, 0.3) is 0 Å². The van der Waals surface area contributed by atoms with E-state index in [1.807, 2.05) is 19.2 Å². The number of sulfonamides is 1. The minimum absolute atomic E-state index is 0.149. The Bertz CT molecular complexity index is 1000. The number of thioether (sulfide) groups is 1. The van der Waals surface area contributed by atoms with Crippen molar-refractivity contribution in [3.05, 3.63) is 53.1 Å². The van der Waals surface area contributed by atoms with Gasteiger partial charge in [-0.25, -0.2) is 13.1 Å². The highest BCUT2D eigenvalue weighted by molar-refractivity contribution is 7.98. The van der Waals surface area contributed by atoms with Crippen LogP contribution in [0.3, 0.4) is 0 Å². The molecule has 1 aliphatic rings. The van der Waals surface area contributed by atoms with Crippen LogP contribution in [-0.2, 0) is 27.7 Å². The summed E-state index contributed by atoms with van der Waals surface area (Å²) in [6.07, 6.45) is 7.11. The van der Waals surface area contributed by atoms with Crippen LogP contribution in [0.4, 0.5) is 5.69 Å². The molecule has 0 spiro atoms. The van der Waals surface area contributed by atoms with Crippen LogP contribution in [0.15, 0.2) is 46.2 Å². The van der Waals surface area contributed by atoms with Gasteiger partial charge >= 0.3 is 0 Å². The third-order valence-corrected chi connectivity index (χ3v) is 7.54. The number of aryl methyl sites for hydroxylation is 2. The topological polar surface area (TPSA) is 75.3 Å². The average Bonchev–Trinajstić information content (AvgIpc) is 2.71. The van der Waals surface area contributed by atoms with Crippen LogP contribution in [0, 0.1) is 0 Å². The molecule has 2 aromatic rings. The lowest BCUT2D eigenvalue weighted by molar-refractivity contribution is -0.114. The molecule has 29 heavy (non-hydrogen) atoms. The van der Waals surface area contributed by atoms with Gasteiger partial charge in [-0.05, 0) is 73.2 Å². The Labute approximate surface area is 177 Å². The van der Waals surface area contributed by atoms with Crippen LogP contribution in [-0.4, -0.2) is 20.6 Å². The molecule has 3 rings (SSSR count). The summed E-state index contributed by atoms with van der Waals surface area (Å²) in [4.78, 5) is 12.5. The predicted octanol–water partition coefficient (Wildman–Crippen LogP) is 4.68. The Kier molecular flexibility index (Phi) is 7.03. The first kappa shape index (κ1) is 21.9. The Hall–Kier alpha value is -1.83. The summed E-state index contributed by atoms with van der Waals surface area (Å²) in [5.41, 5.74) is 4.23. The number of benzene rings is 2. The summed E-state index contributed by atoms with van der Waals surface area (Å²) in [6, 6.07) is 10.9. The number of hydrogen-bond acceptors (Lipinski definition) is 4. The highest BCUT2D eigenvalue weighted by Gasteiger charge is 2.22. The highest BCUT2D eigenvalue weighted by atomic mass is 32.2. The first-order valence-electron chi connectivity index (χ1n) is 9.93. The molecule has 1 atom stereocenters.